The second-order valence-electron chi connectivity index (χ2n) is 4.71. The van der Waals surface area contributed by atoms with Gasteiger partial charge in [0.25, 0.3) is 6.29 Å². The highest BCUT2D eigenvalue weighted by Gasteiger charge is 2.39. The first-order valence-corrected chi connectivity index (χ1v) is 7.09. The minimum Gasteiger partial charge on any atom is -0.457 e. The maximum absolute atomic E-state index is 12.0. The van der Waals surface area contributed by atoms with Crippen LogP contribution < -0.4 is 4.90 Å². The van der Waals surface area contributed by atoms with Gasteiger partial charge < -0.3 is 18.8 Å². The predicted molar refractivity (Wildman–Crippen MR) is 81.7 cm³/mol. The van der Waals surface area contributed by atoms with Crippen LogP contribution in [0.15, 0.2) is 63.9 Å². The Balaban J connectivity index is 1.86. The standard InChI is InChI=1S/C16H12ClNO5/c1-18(10-6-3-2-4-7-10)13-12(17)15(20)23-16(13)22-14(19)11-8-5-9-21-11/h2-9,16H,1H3. The van der Waals surface area contributed by atoms with E-state index in [1.807, 2.05) is 30.3 Å². The van der Waals surface area contributed by atoms with Crippen LogP contribution in [0.5, 0.6) is 0 Å². The van der Waals surface area contributed by atoms with Gasteiger partial charge in [-0.2, -0.15) is 0 Å². The van der Waals surface area contributed by atoms with Gasteiger partial charge in [-0.3, -0.25) is 0 Å². The molecule has 1 aromatic heterocycles. The molecule has 0 fully saturated rings. The summed E-state index contributed by atoms with van der Waals surface area (Å²) in [5, 5.41) is -0.131. The zero-order valence-corrected chi connectivity index (χ0v) is 12.8. The number of carbonyl (C=O) groups excluding carboxylic acids is 2. The molecule has 1 aliphatic rings. The molecule has 0 saturated carbocycles. The van der Waals surface area contributed by atoms with E-state index >= 15 is 0 Å². The second kappa shape index (κ2) is 6.18. The zero-order chi connectivity index (χ0) is 16.4. The molecule has 1 aromatic carbocycles. The Morgan fingerprint density at radius 1 is 1.22 bits per heavy atom. The Kier molecular flexibility index (Phi) is 4.08. The summed E-state index contributed by atoms with van der Waals surface area (Å²) in [5.41, 5.74) is 1.01. The number of anilines is 1. The molecule has 0 aliphatic carbocycles. The van der Waals surface area contributed by atoms with Gasteiger partial charge in [0, 0.05) is 12.7 Å². The van der Waals surface area contributed by atoms with Crippen LogP contribution in [-0.2, 0) is 14.3 Å². The van der Waals surface area contributed by atoms with E-state index < -0.39 is 18.2 Å². The number of carbonyl (C=O) groups is 2. The summed E-state index contributed by atoms with van der Waals surface area (Å²) in [6.07, 6.45) is 0.106. The highest BCUT2D eigenvalue weighted by Crippen LogP contribution is 2.32. The van der Waals surface area contributed by atoms with Crippen molar-refractivity contribution >= 4 is 29.2 Å². The summed E-state index contributed by atoms with van der Waals surface area (Å²) in [6.45, 7) is 0. The largest absolute Gasteiger partial charge is 0.457 e. The monoisotopic (exact) mass is 333 g/mol. The molecule has 7 heteroatoms. The topological polar surface area (TPSA) is 69.0 Å². The van der Waals surface area contributed by atoms with Crippen molar-refractivity contribution in [2.75, 3.05) is 11.9 Å². The Labute approximate surface area is 136 Å². The summed E-state index contributed by atoms with van der Waals surface area (Å²) in [7, 11) is 1.70. The fourth-order valence-electron chi connectivity index (χ4n) is 2.14. The van der Waals surface area contributed by atoms with Crippen LogP contribution in [0.4, 0.5) is 5.69 Å². The molecule has 0 amide bonds. The predicted octanol–water partition coefficient (Wildman–Crippen LogP) is 2.91. The van der Waals surface area contributed by atoms with Gasteiger partial charge in [0.2, 0.25) is 5.76 Å². The number of esters is 2. The quantitative estimate of drug-likeness (QED) is 0.801. The van der Waals surface area contributed by atoms with Gasteiger partial charge in [-0.25, -0.2) is 9.59 Å². The molecule has 6 nitrogen and oxygen atoms in total. The van der Waals surface area contributed by atoms with Crippen LogP contribution >= 0.6 is 11.6 Å². The summed E-state index contributed by atoms with van der Waals surface area (Å²) < 4.78 is 15.2. The van der Waals surface area contributed by atoms with Crippen LogP contribution in [0.1, 0.15) is 10.6 Å². The van der Waals surface area contributed by atoms with Crippen molar-refractivity contribution in [1.82, 2.24) is 0 Å². The molecule has 2 aromatic rings. The van der Waals surface area contributed by atoms with Gasteiger partial charge in [-0.1, -0.05) is 29.8 Å². The van der Waals surface area contributed by atoms with E-state index in [4.69, 9.17) is 25.5 Å². The number of para-hydroxylation sites is 1. The number of nitrogens with zero attached hydrogens (tertiary/aromatic N) is 1. The van der Waals surface area contributed by atoms with Crippen molar-refractivity contribution in [1.29, 1.82) is 0 Å². The molecule has 3 rings (SSSR count). The molecule has 0 spiro atoms. The lowest BCUT2D eigenvalue weighted by molar-refractivity contribution is -0.152. The van der Waals surface area contributed by atoms with Crippen LogP contribution in [0.2, 0.25) is 0 Å². The Morgan fingerprint density at radius 3 is 2.61 bits per heavy atom. The lowest BCUT2D eigenvalue weighted by Crippen LogP contribution is -2.29. The molecule has 118 valence electrons. The molecule has 2 heterocycles. The summed E-state index contributed by atoms with van der Waals surface area (Å²) in [5.74, 6) is -1.49. The summed E-state index contributed by atoms with van der Waals surface area (Å²) in [4.78, 5) is 25.4. The van der Waals surface area contributed by atoms with Gasteiger partial charge in [0.15, 0.2) is 5.03 Å². The second-order valence-corrected chi connectivity index (χ2v) is 5.09. The number of furan rings is 1. The third-order valence-electron chi connectivity index (χ3n) is 3.28. The van der Waals surface area contributed by atoms with E-state index in [9.17, 15) is 9.59 Å². The van der Waals surface area contributed by atoms with E-state index in [0.717, 1.165) is 5.69 Å². The van der Waals surface area contributed by atoms with Crippen LogP contribution in [0.25, 0.3) is 0 Å². The molecule has 1 aliphatic heterocycles. The number of hydrogen-bond acceptors (Lipinski definition) is 6. The fraction of sp³-hybridized carbons (Fsp3) is 0.125. The minimum absolute atomic E-state index is 0.00536. The number of likely N-dealkylation sites (N-methyl/N-ethyl adjacent to an activating group) is 1. The van der Waals surface area contributed by atoms with Gasteiger partial charge in [0.05, 0.1) is 6.26 Å². The fourth-order valence-corrected chi connectivity index (χ4v) is 2.40. The average molecular weight is 334 g/mol. The van der Waals surface area contributed by atoms with Crippen LogP contribution in [0, 0.1) is 0 Å². The third kappa shape index (κ3) is 2.93. The molecule has 0 N–H and O–H groups in total. The maximum Gasteiger partial charge on any atom is 0.377 e. The number of halogens is 1. The average Bonchev–Trinajstić information content (AvgIpc) is 3.17. The summed E-state index contributed by atoms with van der Waals surface area (Å²) >= 11 is 6.03. The lowest BCUT2D eigenvalue weighted by atomic mass is 10.2. The number of ether oxygens (including phenoxy) is 2. The van der Waals surface area contributed by atoms with Crippen LogP contribution in [0.3, 0.4) is 0 Å². The van der Waals surface area contributed by atoms with Crippen molar-refractivity contribution in [3.8, 4) is 0 Å². The van der Waals surface area contributed by atoms with Crippen molar-refractivity contribution in [2.24, 2.45) is 0 Å². The highest BCUT2D eigenvalue weighted by atomic mass is 35.5. The first kappa shape index (κ1) is 15.2. The highest BCUT2D eigenvalue weighted by molar-refractivity contribution is 6.42. The maximum atomic E-state index is 12.0. The first-order valence-electron chi connectivity index (χ1n) is 6.72. The van der Waals surface area contributed by atoms with Crippen LogP contribution in [-0.4, -0.2) is 25.3 Å². The lowest BCUT2D eigenvalue weighted by Gasteiger charge is -2.24. The Hall–Kier alpha value is -2.73. The van der Waals surface area contributed by atoms with E-state index in [-0.39, 0.29) is 16.5 Å². The van der Waals surface area contributed by atoms with Gasteiger partial charge in [0.1, 0.15) is 5.70 Å². The van der Waals surface area contributed by atoms with E-state index in [1.165, 1.54) is 12.3 Å². The number of hydrogen-bond donors (Lipinski definition) is 0. The molecular weight excluding hydrogens is 322 g/mol. The number of rotatable bonds is 4. The third-order valence-corrected chi connectivity index (χ3v) is 3.63. The Morgan fingerprint density at radius 2 is 1.96 bits per heavy atom. The first-order chi connectivity index (χ1) is 11.1. The zero-order valence-electron chi connectivity index (χ0n) is 12.1. The van der Waals surface area contributed by atoms with E-state index in [0.29, 0.717) is 0 Å². The minimum atomic E-state index is -1.24. The SMILES string of the molecule is CN(C1=C(Cl)C(=O)OC1OC(=O)c1ccco1)c1ccccc1. The number of benzene rings is 1. The van der Waals surface area contributed by atoms with Gasteiger partial charge in [-0.15, -0.1) is 0 Å². The molecule has 23 heavy (non-hydrogen) atoms. The molecule has 1 unspecified atom stereocenters. The molecule has 0 bridgehead atoms. The van der Waals surface area contributed by atoms with Crippen molar-refractivity contribution < 1.29 is 23.5 Å². The smallest absolute Gasteiger partial charge is 0.377 e. The van der Waals surface area contributed by atoms with Crippen molar-refractivity contribution in [3.05, 3.63) is 65.2 Å². The number of cyclic esters (lactones) is 1. The molecule has 0 radical (unpaired) electrons. The van der Waals surface area contributed by atoms with Gasteiger partial charge in [-0.05, 0) is 24.3 Å². The van der Waals surface area contributed by atoms with E-state index in [2.05, 4.69) is 0 Å². The van der Waals surface area contributed by atoms with Crippen molar-refractivity contribution in [2.45, 2.75) is 6.29 Å². The molecule has 0 saturated heterocycles. The molecule has 1 atom stereocenters. The van der Waals surface area contributed by atoms with E-state index in [1.54, 1.807) is 18.0 Å². The molecular formula is C16H12ClNO5. The van der Waals surface area contributed by atoms with Crippen molar-refractivity contribution in [3.63, 3.8) is 0 Å². The Bertz CT molecular complexity index is 754. The normalized spacial score (nSPS) is 17.1. The van der Waals surface area contributed by atoms with Gasteiger partial charge >= 0.3 is 11.9 Å². The summed E-state index contributed by atoms with van der Waals surface area (Å²) in [6, 6.07) is 12.2.